The van der Waals surface area contributed by atoms with Gasteiger partial charge in [0.2, 0.25) is 0 Å². The van der Waals surface area contributed by atoms with Gasteiger partial charge in [-0.05, 0) is 31.2 Å². The van der Waals surface area contributed by atoms with Gasteiger partial charge in [-0.15, -0.1) is 0 Å². The van der Waals surface area contributed by atoms with Crippen LogP contribution in [0.1, 0.15) is 28.7 Å². The van der Waals surface area contributed by atoms with Gasteiger partial charge in [-0.25, -0.2) is 4.79 Å². The first-order chi connectivity index (χ1) is 16.8. The van der Waals surface area contributed by atoms with Crippen molar-refractivity contribution in [2.24, 2.45) is 0 Å². The van der Waals surface area contributed by atoms with Crippen LogP contribution in [0.25, 0.3) is 11.3 Å². The van der Waals surface area contributed by atoms with Crippen LogP contribution in [-0.4, -0.2) is 79.1 Å². The van der Waals surface area contributed by atoms with Crippen molar-refractivity contribution in [3.63, 3.8) is 0 Å². The summed E-state index contributed by atoms with van der Waals surface area (Å²) in [7, 11) is 0. The molecule has 182 valence electrons. The molecule has 0 aliphatic carbocycles. The number of amides is 2. The van der Waals surface area contributed by atoms with Gasteiger partial charge in [0.05, 0.1) is 28.5 Å². The van der Waals surface area contributed by atoms with Gasteiger partial charge in [0.1, 0.15) is 11.8 Å². The van der Waals surface area contributed by atoms with Gasteiger partial charge in [0.25, 0.3) is 5.91 Å². The van der Waals surface area contributed by atoms with E-state index in [9.17, 15) is 9.59 Å². The molecule has 0 unspecified atom stereocenters. The fourth-order valence-corrected chi connectivity index (χ4v) is 4.13. The number of nitriles is 1. The van der Waals surface area contributed by atoms with Crippen molar-refractivity contribution in [3.8, 4) is 17.3 Å². The summed E-state index contributed by atoms with van der Waals surface area (Å²) in [5.41, 5.74) is 3.02. The lowest BCUT2D eigenvalue weighted by molar-refractivity contribution is 0.0930. The standard InChI is InChI=1S/C23H25ClN8O3/c1-15(13-32-5-4-20(29-32)16-2-3-17(12-25)19(24)10-16)26-22(33)21-11-18(27-28-21)14-30-6-8-31(9-7-30)23(34)35/h2-5,10-11,15H,6-9,13-14H2,1H3,(H,26,33)(H,27,28)(H,34,35)/t15-/m1/s1. The van der Waals surface area contributed by atoms with E-state index in [4.69, 9.17) is 22.0 Å². The molecule has 2 amide bonds. The number of benzene rings is 1. The number of H-pyrrole nitrogens is 1. The lowest BCUT2D eigenvalue weighted by Crippen LogP contribution is -2.47. The minimum Gasteiger partial charge on any atom is -0.465 e. The van der Waals surface area contributed by atoms with Crippen LogP contribution in [0.5, 0.6) is 0 Å². The lowest BCUT2D eigenvalue weighted by Gasteiger charge is -2.32. The summed E-state index contributed by atoms with van der Waals surface area (Å²) in [6, 6.07) is 10.6. The first kappa shape index (κ1) is 24.3. The number of carbonyl (C=O) groups is 2. The maximum absolute atomic E-state index is 12.6. The lowest BCUT2D eigenvalue weighted by atomic mass is 10.1. The van der Waals surface area contributed by atoms with Crippen LogP contribution in [0.15, 0.2) is 36.5 Å². The first-order valence-electron chi connectivity index (χ1n) is 11.1. The van der Waals surface area contributed by atoms with E-state index in [1.165, 1.54) is 4.90 Å². The predicted octanol–water partition coefficient (Wildman–Crippen LogP) is 2.41. The van der Waals surface area contributed by atoms with Crippen LogP contribution in [0.4, 0.5) is 4.79 Å². The van der Waals surface area contributed by atoms with E-state index < -0.39 is 6.09 Å². The molecule has 0 radical (unpaired) electrons. The SMILES string of the molecule is C[C@H](Cn1ccc(-c2ccc(C#N)c(Cl)c2)n1)NC(=O)c1cc(CN2CCN(C(=O)O)CC2)[nH]n1. The van der Waals surface area contributed by atoms with Crippen molar-refractivity contribution in [1.82, 2.24) is 35.1 Å². The van der Waals surface area contributed by atoms with Gasteiger partial charge in [-0.2, -0.15) is 15.5 Å². The normalized spacial score (nSPS) is 14.9. The molecule has 1 fully saturated rings. The zero-order chi connectivity index (χ0) is 24.9. The molecule has 1 aliphatic rings. The molecule has 3 aromatic rings. The molecule has 3 heterocycles. The van der Waals surface area contributed by atoms with Crippen molar-refractivity contribution in [2.75, 3.05) is 26.2 Å². The molecule has 1 aliphatic heterocycles. The van der Waals surface area contributed by atoms with Crippen LogP contribution in [-0.2, 0) is 13.1 Å². The summed E-state index contributed by atoms with van der Waals surface area (Å²) >= 11 is 6.12. The van der Waals surface area contributed by atoms with Crippen molar-refractivity contribution in [3.05, 3.63) is 58.5 Å². The second kappa shape index (κ2) is 10.6. The van der Waals surface area contributed by atoms with Crippen LogP contribution < -0.4 is 5.32 Å². The minimum absolute atomic E-state index is 0.205. The van der Waals surface area contributed by atoms with Gasteiger partial charge in [0.15, 0.2) is 0 Å². The Morgan fingerprint density at radius 2 is 2.03 bits per heavy atom. The summed E-state index contributed by atoms with van der Waals surface area (Å²) in [5.74, 6) is -0.290. The summed E-state index contributed by atoms with van der Waals surface area (Å²) in [6.07, 6.45) is 0.921. The van der Waals surface area contributed by atoms with Crippen molar-refractivity contribution in [2.45, 2.75) is 26.1 Å². The van der Waals surface area contributed by atoms with Crippen molar-refractivity contribution >= 4 is 23.6 Å². The second-order valence-electron chi connectivity index (χ2n) is 8.43. The Kier molecular flexibility index (Phi) is 7.33. The number of hydrogen-bond donors (Lipinski definition) is 3. The Morgan fingerprint density at radius 1 is 1.26 bits per heavy atom. The Balaban J connectivity index is 1.29. The molecule has 4 rings (SSSR count). The second-order valence-corrected chi connectivity index (χ2v) is 8.84. The molecule has 0 bridgehead atoms. The molecule has 0 saturated carbocycles. The van der Waals surface area contributed by atoms with Gasteiger partial charge in [-0.3, -0.25) is 19.5 Å². The topological polar surface area (TPSA) is 143 Å². The quantitative estimate of drug-likeness (QED) is 0.455. The number of halogens is 1. The smallest absolute Gasteiger partial charge is 0.407 e. The van der Waals surface area contributed by atoms with Gasteiger partial charge >= 0.3 is 6.09 Å². The molecular weight excluding hydrogens is 472 g/mol. The Morgan fingerprint density at radius 3 is 2.71 bits per heavy atom. The van der Waals surface area contributed by atoms with Gasteiger partial charge in [0, 0.05) is 50.5 Å². The molecule has 3 N–H and O–H groups in total. The minimum atomic E-state index is -0.899. The summed E-state index contributed by atoms with van der Waals surface area (Å²) in [5, 5.41) is 32.9. The number of hydrogen-bond acceptors (Lipinski definition) is 6. The molecule has 0 spiro atoms. The van der Waals surface area contributed by atoms with E-state index in [-0.39, 0.29) is 11.9 Å². The molecule has 1 atom stereocenters. The fourth-order valence-electron chi connectivity index (χ4n) is 3.90. The Hall–Kier alpha value is -3.88. The third kappa shape index (κ3) is 5.98. The number of aromatic nitrogens is 4. The third-order valence-electron chi connectivity index (χ3n) is 5.76. The molecule has 1 aromatic carbocycles. The van der Waals surface area contributed by atoms with Gasteiger partial charge in [-0.1, -0.05) is 17.7 Å². The zero-order valence-corrected chi connectivity index (χ0v) is 19.9. The predicted molar refractivity (Wildman–Crippen MR) is 128 cm³/mol. The van der Waals surface area contributed by atoms with Crippen LogP contribution in [0, 0.1) is 11.3 Å². The average molecular weight is 497 g/mol. The number of aromatic amines is 1. The highest BCUT2D eigenvalue weighted by Gasteiger charge is 2.21. The molecular formula is C23H25ClN8O3. The Bertz CT molecular complexity index is 1260. The van der Waals surface area contributed by atoms with E-state index in [1.54, 1.807) is 28.9 Å². The van der Waals surface area contributed by atoms with Crippen LogP contribution in [0.3, 0.4) is 0 Å². The van der Waals surface area contributed by atoms with E-state index in [1.807, 2.05) is 25.3 Å². The molecule has 11 nitrogen and oxygen atoms in total. The molecule has 2 aromatic heterocycles. The number of nitrogens with one attached hydrogen (secondary N) is 2. The highest BCUT2D eigenvalue weighted by Crippen LogP contribution is 2.24. The highest BCUT2D eigenvalue weighted by atomic mass is 35.5. The Labute approximate surface area is 206 Å². The fraction of sp³-hybridized carbons (Fsp3) is 0.348. The van der Waals surface area contributed by atoms with Crippen molar-refractivity contribution in [1.29, 1.82) is 5.26 Å². The number of carboxylic acid groups (broad SMARTS) is 1. The number of piperazine rings is 1. The van der Waals surface area contributed by atoms with E-state index in [2.05, 4.69) is 25.5 Å². The van der Waals surface area contributed by atoms with Gasteiger partial charge < -0.3 is 15.3 Å². The number of rotatable bonds is 7. The maximum atomic E-state index is 12.6. The van der Waals surface area contributed by atoms with E-state index >= 15 is 0 Å². The van der Waals surface area contributed by atoms with Crippen LogP contribution >= 0.6 is 11.6 Å². The summed E-state index contributed by atoms with van der Waals surface area (Å²) in [4.78, 5) is 27.2. The first-order valence-corrected chi connectivity index (χ1v) is 11.5. The summed E-state index contributed by atoms with van der Waals surface area (Å²) < 4.78 is 1.74. The molecule has 35 heavy (non-hydrogen) atoms. The highest BCUT2D eigenvalue weighted by molar-refractivity contribution is 6.32. The monoisotopic (exact) mass is 496 g/mol. The number of nitrogens with zero attached hydrogens (tertiary/aromatic N) is 6. The maximum Gasteiger partial charge on any atom is 0.407 e. The third-order valence-corrected chi connectivity index (χ3v) is 6.08. The number of carbonyl (C=O) groups excluding carboxylic acids is 1. The van der Waals surface area contributed by atoms with Crippen LogP contribution in [0.2, 0.25) is 5.02 Å². The molecule has 1 saturated heterocycles. The van der Waals surface area contributed by atoms with Crippen molar-refractivity contribution < 1.29 is 14.7 Å². The largest absolute Gasteiger partial charge is 0.465 e. The average Bonchev–Trinajstić information content (AvgIpc) is 3.49. The zero-order valence-electron chi connectivity index (χ0n) is 19.1. The van der Waals surface area contributed by atoms with E-state index in [0.29, 0.717) is 55.5 Å². The van der Waals surface area contributed by atoms with E-state index in [0.717, 1.165) is 17.0 Å². The molecule has 12 heteroatoms. The summed E-state index contributed by atoms with van der Waals surface area (Å²) in [6.45, 7) is 5.09.